The minimum Gasteiger partial charge on any atom is -0.445 e. The molecule has 1 aromatic rings. The van der Waals surface area contributed by atoms with Gasteiger partial charge in [0.15, 0.2) is 0 Å². The van der Waals surface area contributed by atoms with Crippen molar-refractivity contribution in [3.05, 3.63) is 35.9 Å². The first-order chi connectivity index (χ1) is 10.5. The van der Waals surface area contributed by atoms with Gasteiger partial charge in [0.25, 0.3) is 0 Å². The number of rotatable bonds is 8. The molecule has 6 nitrogen and oxygen atoms in total. The number of nitrogens with two attached hydrogens (primary N) is 1. The van der Waals surface area contributed by atoms with Crippen LogP contribution in [0.25, 0.3) is 0 Å². The molecule has 122 valence electrons. The molecule has 0 heterocycles. The molecule has 0 aliphatic rings. The minimum atomic E-state index is -0.510. The van der Waals surface area contributed by atoms with Gasteiger partial charge in [0, 0.05) is 13.1 Å². The fourth-order valence-electron chi connectivity index (χ4n) is 1.87. The Morgan fingerprint density at radius 3 is 2.41 bits per heavy atom. The number of hydrogen-bond acceptors (Lipinski definition) is 4. The number of hydrogen-bond donors (Lipinski definition) is 3. The predicted octanol–water partition coefficient (Wildman–Crippen LogP) is 1.40. The van der Waals surface area contributed by atoms with Crippen molar-refractivity contribution < 1.29 is 14.3 Å². The fraction of sp³-hybridized carbons (Fsp3) is 0.500. The summed E-state index contributed by atoms with van der Waals surface area (Å²) in [7, 11) is 0. The summed E-state index contributed by atoms with van der Waals surface area (Å²) in [5.41, 5.74) is 6.67. The van der Waals surface area contributed by atoms with Crippen LogP contribution in [-0.2, 0) is 16.1 Å². The molecule has 0 radical (unpaired) electrons. The molecule has 0 spiro atoms. The van der Waals surface area contributed by atoms with Crippen LogP contribution in [0.3, 0.4) is 0 Å². The van der Waals surface area contributed by atoms with Crippen LogP contribution >= 0.6 is 0 Å². The molecule has 1 atom stereocenters. The number of amides is 2. The Balaban J connectivity index is 2.11. The van der Waals surface area contributed by atoms with E-state index in [4.69, 9.17) is 10.5 Å². The zero-order chi connectivity index (χ0) is 16.4. The molecule has 1 aromatic carbocycles. The van der Waals surface area contributed by atoms with Crippen LogP contribution in [-0.4, -0.2) is 31.1 Å². The third kappa shape index (κ3) is 7.64. The fourth-order valence-corrected chi connectivity index (χ4v) is 1.87. The zero-order valence-corrected chi connectivity index (χ0v) is 13.2. The van der Waals surface area contributed by atoms with Gasteiger partial charge in [-0.05, 0) is 17.9 Å². The van der Waals surface area contributed by atoms with E-state index in [2.05, 4.69) is 10.6 Å². The number of alkyl carbamates (subject to hydrolysis) is 1. The molecule has 0 bridgehead atoms. The molecular weight excluding hydrogens is 282 g/mol. The summed E-state index contributed by atoms with van der Waals surface area (Å²) in [6.07, 6.45) is 0.128. The van der Waals surface area contributed by atoms with Crippen LogP contribution in [0, 0.1) is 5.92 Å². The largest absolute Gasteiger partial charge is 0.445 e. The van der Waals surface area contributed by atoms with Crippen molar-refractivity contribution in [2.24, 2.45) is 11.7 Å². The second-order valence-electron chi connectivity index (χ2n) is 5.52. The van der Waals surface area contributed by atoms with Crippen molar-refractivity contribution in [3.63, 3.8) is 0 Å². The van der Waals surface area contributed by atoms with Gasteiger partial charge < -0.3 is 21.1 Å². The van der Waals surface area contributed by atoms with Crippen molar-refractivity contribution in [2.45, 2.75) is 32.9 Å². The average Bonchev–Trinajstić information content (AvgIpc) is 2.49. The molecular formula is C16H25N3O3. The summed E-state index contributed by atoms with van der Waals surface area (Å²) in [6, 6.07) is 8.91. The topological polar surface area (TPSA) is 93.5 Å². The van der Waals surface area contributed by atoms with Gasteiger partial charge in [0.05, 0.1) is 6.04 Å². The Kier molecular flexibility index (Phi) is 7.99. The molecule has 1 rings (SSSR count). The van der Waals surface area contributed by atoms with E-state index < -0.39 is 12.1 Å². The molecule has 0 aliphatic carbocycles. The molecule has 4 N–H and O–H groups in total. The average molecular weight is 307 g/mol. The van der Waals surface area contributed by atoms with Crippen LogP contribution < -0.4 is 16.4 Å². The van der Waals surface area contributed by atoms with Crippen molar-refractivity contribution in [1.82, 2.24) is 10.6 Å². The number of benzene rings is 1. The third-order valence-corrected chi connectivity index (χ3v) is 2.97. The van der Waals surface area contributed by atoms with Crippen molar-refractivity contribution in [1.29, 1.82) is 0 Å². The third-order valence-electron chi connectivity index (χ3n) is 2.97. The van der Waals surface area contributed by atoms with E-state index >= 15 is 0 Å². The molecule has 0 saturated heterocycles. The lowest BCUT2D eigenvalue weighted by Crippen LogP contribution is -2.44. The van der Waals surface area contributed by atoms with Gasteiger partial charge in [-0.2, -0.15) is 0 Å². The first-order valence-electron chi connectivity index (χ1n) is 7.47. The number of carbonyl (C=O) groups excluding carboxylic acids is 2. The first-order valence-corrected chi connectivity index (χ1v) is 7.47. The minimum absolute atomic E-state index is 0.201. The van der Waals surface area contributed by atoms with E-state index in [9.17, 15) is 9.59 Å². The lowest BCUT2D eigenvalue weighted by molar-refractivity contribution is -0.122. The van der Waals surface area contributed by atoms with Gasteiger partial charge in [0.1, 0.15) is 6.61 Å². The van der Waals surface area contributed by atoms with Crippen molar-refractivity contribution >= 4 is 12.0 Å². The van der Waals surface area contributed by atoms with Crippen LogP contribution in [0.5, 0.6) is 0 Å². The normalized spacial score (nSPS) is 11.8. The highest BCUT2D eigenvalue weighted by Gasteiger charge is 2.14. The lowest BCUT2D eigenvalue weighted by atomic mass is 10.0. The Morgan fingerprint density at radius 2 is 1.77 bits per heavy atom. The molecule has 2 amide bonds. The Bertz CT molecular complexity index is 463. The predicted molar refractivity (Wildman–Crippen MR) is 85.1 cm³/mol. The van der Waals surface area contributed by atoms with E-state index in [1.807, 2.05) is 44.2 Å². The summed E-state index contributed by atoms with van der Waals surface area (Å²) in [5.74, 6) is 0.167. The molecule has 22 heavy (non-hydrogen) atoms. The quantitative estimate of drug-likeness (QED) is 0.633. The maximum atomic E-state index is 11.7. The molecule has 0 saturated carbocycles. The molecule has 0 aromatic heterocycles. The second-order valence-corrected chi connectivity index (χ2v) is 5.52. The van der Waals surface area contributed by atoms with Crippen LogP contribution in [0.15, 0.2) is 30.3 Å². The van der Waals surface area contributed by atoms with Crippen molar-refractivity contribution in [2.75, 3.05) is 13.1 Å². The summed E-state index contributed by atoms with van der Waals surface area (Å²) < 4.78 is 5.05. The van der Waals surface area contributed by atoms with E-state index in [0.717, 1.165) is 5.56 Å². The highest BCUT2D eigenvalue weighted by molar-refractivity contribution is 5.81. The second kappa shape index (κ2) is 9.78. The Hall–Kier alpha value is -2.08. The van der Waals surface area contributed by atoms with Gasteiger partial charge in [-0.25, -0.2) is 4.79 Å². The summed E-state index contributed by atoms with van der Waals surface area (Å²) in [5, 5.41) is 5.25. The Labute approximate surface area is 131 Å². The van der Waals surface area contributed by atoms with Gasteiger partial charge >= 0.3 is 6.09 Å². The van der Waals surface area contributed by atoms with Gasteiger partial charge in [0.2, 0.25) is 5.91 Å². The van der Waals surface area contributed by atoms with Crippen molar-refractivity contribution in [3.8, 4) is 0 Å². The van der Waals surface area contributed by atoms with Gasteiger partial charge in [-0.3, -0.25) is 4.79 Å². The maximum Gasteiger partial charge on any atom is 0.407 e. The molecule has 6 heteroatoms. The van der Waals surface area contributed by atoms with E-state index in [-0.39, 0.29) is 12.5 Å². The summed E-state index contributed by atoms with van der Waals surface area (Å²) in [4.78, 5) is 23.1. The van der Waals surface area contributed by atoms with Crippen LogP contribution in [0.4, 0.5) is 4.79 Å². The summed E-state index contributed by atoms with van der Waals surface area (Å²) in [6.45, 7) is 4.87. The smallest absolute Gasteiger partial charge is 0.407 e. The van der Waals surface area contributed by atoms with Gasteiger partial charge in [-0.15, -0.1) is 0 Å². The van der Waals surface area contributed by atoms with E-state index in [1.54, 1.807) is 0 Å². The molecule has 0 unspecified atom stereocenters. The molecule has 0 aliphatic heterocycles. The monoisotopic (exact) mass is 307 g/mol. The zero-order valence-electron chi connectivity index (χ0n) is 13.2. The standard InChI is InChI=1S/C16H25N3O3/c1-12(2)10-14(17)15(20)18-8-9-19-16(21)22-11-13-6-4-3-5-7-13/h3-7,12,14H,8-11,17H2,1-2H3,(H,18,20)(H,19,21)/t14-/m0/s1. The first kappa shape index (κ1) is 18.0. The van der Waals surface area contributed by atoms with E-state index in [1.165, 1.54) is 0 Å². The highest BCUT2D eigenvalue weighted by atomic mass is 16.5. The summed E-state index contributed by atoms with van der Waals surface area (Å²) >= 11 is 0. The SMILES string of the molecule is CC(C)C[C@H](N)C(=O)NCCNC(=O)OCc1ccccc1. The Morgan fingerprint density at radius 1 is 1.14 bits per heavy atom. The maximum absolute atomic E-state index is 11.7. The highest BCUT2D eigenvalue weighted by Crippen LogP contribution is 2.02. The van der Waals surface area contributed by atoms with Gasteiger partial charge in [-0.1, -0.05) is 44.2 Å². The van der Waals surface area contributed by atoms with E-state index in [0.29, 0.717) is 25.4 Å². The lowest BCUT2D eigenvalue weighted by Gasteiger charge is -2.14. The number of ether oxygens (including phenoxy) is 1. The van der Waals surface area contributed by atoms with Crippen LogP contribution in [0.2, 0.25) is 0 Å². The number of nitrogens with one attached hydrogen (secondary N) is 2. The van der Waals surface area contributed by atoms with Crippen LogP contribution in [0.1, 0.15) is 25.8 Å². The molecule has 0 fully saturated rings. The number of carbonyl (C=O) groups is 2.